The van der Waals surface area contributed by atoms with Crippen LogP contribution in [0.4, 0.5) is 0 Å². The summed E-state index contributed by atoms with van der Waals surface area (Å²) in [6, 6.07) is 9.89. The molecule has 2 rings (SSSR count). The van der Waals surface area contributed by atoms with Gasteiger partial charge in [-0.15, -0.1) is 0 Å². The maximum Gasteiger partial charge on any atom is 0.0322 e. The van der Waals surface area contributed by atoms with Gasteiger partial charge in [0.25, 0.3) is 0 Å². The van der Waals surface area contributed by atoms with Crippen LogP contribution in [0.1, 0.15) is 69.5 Å². The first-order valence-electron chi connectivity index (χ1n) is 7.54. The van der Waals surface area contributed by atoms with Crippen LogP contribution in [0.2, 0.25) is 0 Å². The highest BCUT2D eigenvalue weighted by Gasteiger charge is 2.19. The highest BCUT2D eigenvalue weighted by molar-refractivity contribution is 5.28. The Labute approximate surface area is 112 Å². The molecule has 1 aromatic rings. The Morgan fingerprint density at radius 1 is 1.17 bits per heavy atom. The fourth-order valence-corrected chi connectivity index (χ4v) is 2.80. The van der Waals surface area contributed by atoms with Crippen LogP contribution in [0.25, 0.3) is 0 Å². The lowest BCUT2D eigenvalue weighted by atomic mass is 9.79. The summed E-state index contributed by atoms with van der Waals surface area (Å²) in [4.78, 5) is 0. The van der Waals surface area contributed by atoms with Crippen LogP contribution in [0, 0.1) is 5.92 Å². The second-order valence-electron chi connectivity index (χ2n) is 6.03. The van der Waals surface area contributed by atoms with E-state index < -0.39 is 0 Å². The van der Waals surface area contributed by atoms with Crippen molar-refractivity contribution in [1.29, 1.82) is 0 Å². The fourth-order valence-electron chi connectivity index (χ4n) is 2.80. The summed E-state index contributed by atoms with van der Waals surface area (Å²) in [5.41, 5.74) is 3.00. The largest absolute Gasteiger partial charge is 0.310 e. The Kier molecular flexibility index (Phi) is 4.82. The van der Waals surface area contributed by atoms with Gasteiger partial charge < -0.3 is 5.32 Å². The molecule has 100 valence electrons. The molecule has 1 atom stereocenters. The van der Waals surface area contributed by atoms with Crippen molar-refractivity contribution in [3.8, 4) is 0 Å². The van der Waals surface area contributed by atoms with Gasteiger partial charge in [-0.05, 0) is 48.8 Å². The van der Waals surface area contributed by atoms with Crippen molar-refractivity contribution in [1.82, 2.24) is 5.32 Å². The summed E-state index contributed by atoms with van der Waals surface area (Å²) < 4.78 is 0. The summed E-state index contributed by atoms with van der Waals surface area (Å²) in [5, 5.41) is 3.61. The van der Waals surface area contributed by atoms with E-state index in [2.05, 4.69) is 50.4 Å². The molecule has 1 aromatic carbocycles. The van der Waals surface area contributed by atoms with E-state index in [0.717, 1.165) is 18.4 Å². The van der Waals surface area contributed by atoms with Gasteiger partial charge in [0, 0.05) is 6.04 Å². The molecule has 0 saturated heterocycles. The van der Waals surface area contributed by atoms with Crippen molar-refractivity contribution in [2.45, 2.75) is 58.4 Å². The highest BCUT2D eigenvalue weighted by atomic mass is 14.9. The predicted molar refractivity (Wildman–Crippen MR) is 78.9 cm³/mol. The first-order valence-corrected chi connectivity index (χ1v) is 7.54. The lowest BCUT2D eigenvalue weighted by Gasteiger charge is -2.26. The Hall–Kier alpha value is -0.820. The van der Waals surface area contributed by atoms with Gasteiger partial charge in [-0.2, -0.15) is 0 Å². The standard InChI is InChI=1S/C17H27N/c1-4-18-17(12-13(2)3)16-10-8-15(9-11-16)14-6-5-7-14/h8-11,13-14,17-18H,4-7,12H2,1-3H3. The second-order valence-corrected chi connectivity index (χ2v) is 6.03. The first kappa shape index (κ1) is 13.6. The van der Waals surface area contributed by atoms with Crippen molar-refractivity contribution in [2.75, 3.05) is 6.54 Å². The molecule has 1 N–H and O–H groups in total. The van der Waals surface area contributed by atoms with Crippen LogP contribution in [0.3, 0.4) is 0 Å². The maximum absolute atomic E-state index is 3.61. The van der Waals surface area contributed by atoms with Crippen molar-refractivity contribution in [3.63, 3.8) is 0 Å². The Balaban J connectivity index is 2.04. The topological polar surface area (TPSA) is 12.0 Å². The predicted octanol–water partition coefficient (Wildman–Crippen LogP) is 4.65. The van der Waals surface area contributed by atoms with Crippen molar-refractivity contribution < 1.29 is 0 Å². The van der Waals surface area contributed by atoms with Gasteiger partial charge in [0.1, 0.15) is 0 Å². The molecule has 1 heteroatoms. The molecular weight excluding hydrogens is 218 g/mol. The van der Waals surface area contributed by atoms with Gasteiger partial charge in [-0.3, -0.25) is 0 Å². The lowest BCUT2D eigenvalue weighted by molar-refractivity contribution is 0.418. The lowest BCUT2D eigenvalue weighted by Crippen LogP contribution is -2.22. The molecule has 0 heterocycles. The number of benzene rings is 1. The molecule has 1 nitrogen and oxygen atoms in total. The van der Waals surface area contributed by atoms with Crippen molar-refractivity contribution >= 4 is 0 Å². The minimum absolute atomic E-state index is 0.519. The van der Waals surface area contributed by atoms with E-state index in [0.29, 0.717) is 6.04 Å². The third kappa shape index (κ3) is 3.35. The van der Waals surface area contributed by atoms with E-state index in [1.165, 1.54) is 31.2 Å². The SMILES string of the molecule is CCNC(CC(C)C)c1ccc(C2CCC2)cc1. The molecule has 0 bridgehead atoms. The third-order valence-electron chi connectivity index (χ3n) is 4.07. The van der Waals surface area contributed by atoms with Crippen LogP contribution in [0.15, 0.2) is 24.3 Å². The van der Waals surface area contributed by atoms with Gasteiger partial charge in [-0.25, -0.2) is 0 Å². The van der Waals surface area contributed by atoms with Crippen molar-refractivity contribution in [2.24, 2.45) is 5.92 Å². The van der Waals surface area contributed by atoms with E-state index in [-0.39, 0.29) is 0 Å². The molecule has 0 spiro atoms. The van der Waals surface area contributed by atoms with Crippen LogP contribution in [-0.4, -0.2) is 6.54 Å². The summed E-state index contributed by atoms with van der Waals surface area (Å²) >= 11 is 0. The number of hydrogen-bond acceptors (Lipinski definition) is 1. The zero-order valence-corrected chi connectivity index (χ0v) is 12.1. The molecule has 0 aromatic heterocycles. The molecule has 0 amide bonds. The smallest absolute Gasteiger partial charge is 0.0322 e. The molecule has 0 aliphatic heterocycles. The zero-order valence-electron chi connectivity index (χ0n) is 12.1. The molecule has 1 aliphatic carbocycles. The van der Waals surface area contributed by atoms with E-state index in [4.69, 9.17) is 0 Å². The van der Waals surface area contributed by atoms with Gasteiger partial charge in [0.15, 0.2) is 0 Å². The monoisotopic (exact) mass is 245 g/mol. The molecule has 1 fully saturated rings. The average Bonchev–Trinajstić information content (AvgIpc) is 2.27. The Morgan fingerprint density at radius 3 is 2.28 bits per heavy atom. The molecule has 1 unspecified atom stereocenters. The Morgan fingerprint density at radius 2 is 1.83 bits per heavy atom. The minimum Gasteiger partial charge on any atom is -0.310 e. The summed E-state index contributed by atoms with van der Waals surface area (Å²) in [6.45, 7) is 7.83. The summed E-state index contributed by atoms with van der Waals surface area (Å²) in [6.07, 6.45) is 5.42. The zero-order chi connectivity index (χ0) is 13.0. The molecule has 18 heavy (non-hydrogen) atoms. The van der Waals surface area contributed by atoms with Gasteiger partial charge in [0.05, 0.1) is 0 Å². The quantitative estimate of drug-likeness (QED) is 0.769. The van der Waals surface area contributed by atoms with Gasteiger partial charge >= 0.3 is 0 Å². The Bertz CT molecular complexity index is 348. The molecule has 1 aliphatic rings. The molecular formula is C17H27N. The van der Waals surface area contributed by atoms with E-state index in [9.17, 15) is 0 Å². The average molecular weight is 245 g/mol. The maximum atomic E-state index is 3.61. The third-order valence-corrected chi connectivity index (χ3v) is 4.07. The highest BCUT2D eigenvalue weighted by Crippen LogP contribution is 2.36. The molecule has 0 radical (unpaired) electrons. The minimum atomic E-state index is 0.519. The second kappa shape index (κ2) is 6.38. The van der Waals surface area contributed by atoms with Crippen LogP contribution >= 0.6 is 0 Å². The number of hydrogen-bond donors (Lipinski definition) is 1. The van der Waals surface area contributed by atoms with Gasteiger partial charge in [-0.1, -0.05) is 51.5 Å². The first-order chi connectivity index (χ1) is 8.70. The van der Waals surface area contributed by atoms with Crippen LogP contribution in [0.5, 0.6) is 0 Å². The number of nitrogens with one attached hydrogen (secondary N) is 1. The summed E-state index contributed by atoms with van der Waals surface area (Å²) in [7, 11) is 0. The van der Waals surface area contributed by atoms with E-state index in [1.807, 2.05) is 0 Å². The van der Waals surface area contributed by atoms with E-state index >= 15 is 0 Å². The van der Waals surface area contributed by atoms with Crippen molar-refractivity contribution in [3.05, 3.63) is 35.4 Å². The van der Waals surface area contributed by atoms with Crippen LogP contribution < -0.4 is 5.32 Å². The normalized spacial score (nSPS) is 17.8. The van der Waals surface area contributed by atoms with Gasteiger partial charge in [0.2, 0.25) is 0 Å². The van der Waals surface area contributed by atoms with E-state index in [1.54, 1.807) is 5.56 Å². The molecule has 1 saturated carbocycles. The summed E-state index contributed by atoms with van der Waals surface area (Å²) in [5.74, 6) is 1.59. The number of rotatable bonds is 6. The fraction of sp³-hybridized carbons (Fsp3) is 0.647. The van der Waals surface area contributed by atoms with Crippen LogP contribution in [-0.2, 0) is 0 Å².